The molecule has 0 aromatic heterocycles. The average molecular weight is 330 g/mol. The summed E-state index contributed by atoms with van der Waals surface area (Å²) in [7, 11) is 1.65. The summed E-state index contributed by atoms with van der Waals surface area (Å²) in [4.78, 5) is 12.0. The molecule has 3 rings (SSSR count). The molecule has 0 aliphatic heterocycles. The molecular formula is C22H18O3. The Morgan fingerprint density at radius 2 is 1.24 bits per heavy atom. The molecule has 0 fully saturated rings. The van der Waals surface area contributed by atoms with Crippen LogP contribution in [0.1, 0.15) is 21.5 Å². The van der Waals surface area contributed by atoms with Crippen LogP contribution in [0.25, 0.3) is 12.2 Å². The largest absolute Gasteiger partial charge is 0.497 e. The van der Waals surface area contributed by atoms with Crippen molar-refractivity contribution in [3.8, 4) is 11.5 Å². The molecule has 3 nitrogen and oxygen atoms in total. The zero-order valence-electron chi connectivity index (χ0n) is 13.9. The second-order valence-electron chi connectivity index (χ2n) is 5.43. The van der Waals surface area contributed by atoms with E-state index >= 15 is 0 Å². The average Bonchev–Trinajstić information content (AvgIpc) is 2.68. The van der Waals surface area contributed by atoms with E-state index in [1.54, 1.807) is 31.4 Å². The number of carbonyl (C=O) groups is 1. The fourth-order valence-electron chi connectivity index (χ4n) is 2.29. The fraction of sp³-hybridized carbons (Fsp3) is 0.0455. The van der Waals surface area contributed by atoms with Crippen molar-refractivity contribution in [2.75, 3.05) is 7.11 Å². The van der Waals surface area contributed by atoms with Crippen LogP contribution in [0.2, 0.25) is 0 Å². The third-order valence-electron chi connectivity index (χ3n) is 3.68. The Morgan fingerprint density at radius 1 is 0.720 bits per heavy atom. The van der Waals surface area contributed by atoms with Gasteiger partial charge >= 0.3 is 5.97 Å². The van der Waals surface area contributed by atoms with Crippen LogP contribution in [0.5, 0.6) is 11.5 Å². The van der Waals surface area contributed by atoms with Crippen molar-refractivity contribution in [3.05, 3.63) is 95.6 Å². The second-order valence-corrected chi connectivity index (χ2v) is 5.43. The molecule has 0 unspecified atom stereocenters. The maximum absolute atomic E-state index is 12.0. The lowest BCUT2D eigenvalue weighted by atomic mass is 10.1. The summed E-state index contributed by atoms with van der Waals surface area (Å²) in [5.41, 5.74) is 2.64. The standard InChI is InChI=1S/C22H18O3/c1-24-20-13-9-17(10-14-20)7-8-18-11-15-21(16-12-18)25-22(23)19-5-3-2-4-6-19/h2-16H,1H3/b8-7+. The molecule has 0 spiro atoms. The number of rotatable bonds is 5. The highest BCUT2D eigenvalue weighted by Gasteiger charge is 2.07. The first-order chi connectivity index (χ1) is 12.2. The SMILES string of the molecule is COc1ccc(/C=C/c2ccc(OC(=O)c3ccccc3)cc2)cc1. The number of hydrogen-bond donors (Lipinski definition) is 0. The van der Waals surface area contributed by atoms with E-state index in [0.29, 0.717) is 11.3 Å². The van der Waals surface area contributed by atoms with Crippen LogP contribution in [0.4, 0.5) is 0 Å². The number of esters is 1. The summed E-state index contributed by atoms with van der Waals surface area (Å²) in [5.74, 6) is 0.999. The van der Waals surface area contributed by atoms with E-state index < -0.39 is 0 Å². The Kier molecular flexibility index (Phi) is 5.27. The van der Waals surface area contributed by atoms with Crippen molar-refractivity contribution < 1.29 is 14.3 Å². The van der Waals surface area contributed by atoms with E-state index in [1.807, 2.05) is 66.7 Å². The van der Waals surface area contributed by atoms with Crippen LogP contribution in [0.3, 0.4) is 0 Å². The monoisotopic (exact) mass is 330 g/mol. The second kappa shape index (κ2) is 7.97. The minimum atomic E-state index is -0.359. The number of carbonyl (C=O) groups excluding carboxylic acids is 1. The molecule has 0 N–H and O–H groups in total. The summed E-state index contributed by atoms with van der Waals surface area (Å²) in [6.07, 6.45) is 4.02. The van der Waals surface area contributed by atoms with Gasteiger partial charge < -0.3 is 9.47 Å². The smallest absolute Gasteiger partial charge is 0.343 e. The van der Waals surface area contributed by atoms with Gasteiger partial charge in [-0.25, -0.2) is 4.79 Å². The summed E-state index contributed by atoms with van der Waals surface area (Å²) in [5, 5.41) is 0. The Hall–Kier alpha value is -3.33. The third kappa shape index (κ3) is 4.58. The molecule has 0 atom stereocenters. The maximum Gasteiger partial charge on any atom is 0.343 e. The van der Waals surface area contributed by atoms with Gasteiger partial charge in [0.05, 0.1) is 12.7 Å². The van der Waals surface area contributed by atoms with Crippen molar-refractivity contribution >= 4 is 18.1 Å². The third-order valence-corrected chi connectivity index (χ3v) is 3.68. The Balaban J connectivity index is 1.63. The summed E-state index contributed by atoms with van der Waals surface area (Å²) in [6, 6.07) is 24.2. The van der Waals surface area contributed by atoms with Crippen molar-refractivity contribution in [2.24, 2.45) is 0 Å². The number of methoxy groups -OCH3 is 1. The van der Waals surface area contributed by atoms with Crippen molar-refractivity contribution in [3.63, 3.8) is 0 Å². The highest BCUT2D eigenvalue weighted by Crippen LogP contribution is 2.17. The molecule has 0 saturated carbocycles. The van der Waals surface area contributed by atoms with Gasteiger partial charge in [0.15, 0.2) is 0 Å². The zero-order valence-corrected chi connectivity index (χ0v) is 13.9. The quantitative estimate of drug-likeness (QED) is 0.371. The van der Waals surface area contributed by atoms with Crippen LogP contribution in [-0.4, -0.2) is 13.1 Å². The normalized spacial score (nSPS) is 10.6. The predicted octanol–water partition coefficient (Wildman–Crippen LogP) is 5.08. The highest BCUT2D eigenvalue weighted by molar-refractivity contribution is 5.91. The molecule has 124 valence electrons. The molecule has 0 aliphatic carbocycles. The molecule has 3 aromatic carbocycles. The van der Waals surface area contributed by atoms with Gasteiger partial charge in [0, 0.05) is 0 Å². The molecular weight excluding hydrogens is 312 g/mol. The Bertz CT molecular complexity index is 848. The zero-order chi connectivity index (χ0) is 17.5. The lowest BCUT2D eigenvalue weighted by molar-refractivity contribution is 0.0735. The van der Waals surface area contributed by atoms with Gasteiger partial charge in [0.2, 0.25) is 0 Å². The van der Waals surface area contributed by atoms with Gasteiger partial charge in [-0.15, -0.1) is 0 Å². The van der Waals surface area contributed by atoms with E-state index in [-0.39, 0.29) is 5.97 Å². The maximum atomic E-state index is 12.0. The number of benzene rings is 3. The van der Waals surface area contributed by atoms with E-state index in [4.69, 9.17) is 9.47 Å². The Labute approximate surface area is 147 Å². The van der Waals surface area contributed by atoms with E-state index in [2.05, 4.69) is 0 Å². The number of hydrogen-bond acceptors (Lipinski definition) is 3. The Morgan fingerprint density at radius 3 is 1.76 bits per heavy atom. The van der Waals surface area contributed by atoms with Crippen molar-refractivity contribution in [2.45, 2.75) is 0 Å². The topological polar surface area (TPSA) is 35.5 Å². The van der Waals surface area contributed by atoms with Gasteiger partial charge in [0.1, 0.15) is 11.5 Å². The molecule has 3 aromatic rings. The van der Waals surface area contributed by atoms with Crippen LogP contribution in [-0.2, 0) is 0 Å². The van der Waals surface area contributed by atoms with Crippen LogP contribution < -0.4 is 9.47 Å². The van der Waals surface area contributed by atoms with Gasteiger partial charge in [-0.1, -0.05) is 54.6 Å². The molecule has 0 bridgehead atoms. The van der Waals surface area contributed by atoms with Crippen molar-refractivity contribution in [1.82, 2.24) is 0 Å². The summed E-state index contributed by atoms with van der Waals surface area (Å²) < 4.78 is 10.5. The van der Waals surface area contributed by atoms with Crippen LogP contribution in [0, 0.1) is 0 Å². The van der Waals surface area contributed by atoms with Gasteiger partial charge in [-0.2, -0.15) is 0 Å². The van der Waals surface area contributed by atoms with E-state index in [0.717, 1.165) is 16.9 Å². The molecule has 3 heteroatoms. The predicted molar refractivity (Wildman–Crippen MR) is 99.8 cm³/mol. The van der Waals surface area contributed by atoms with Crippen molar-refractivity contribution in [1.29, 1.82) is 0 Å². The highest BCUT2D eigenvalue weighted by atomic mass is 16.5. The van der Waals surface area contributed by atoms with Gasteiger partial charge in [-0.3, -0.25) is 0 Å². The lowest BCUT2D eigenvalue weighted by Crippen LogP contribution is -2.07. The molecule has 0 amide bonds. The molecule has 0 saturated heterocycles. The molecule has 0 heterocycles. The number of ether oxygens (including phenoxy) is 2. The first-order valence-corrected chi connectivity index (χ1v) is 7.94. The first-order valence-electron chi connectivity index (χ1n) is 7.94. The van der Waals surface area contributed by atoms with E-state index in [9.17, 15) is 4.79 Å². The van der Waals surface area contributed by atoms with Crippen LogP contribution in [0.15, 0.2) is 78.9 Å². The molecule has 0 radical (unpaired) electrons. The van der Waals surface area contributed by atoms with Gasteiger partial charge in [0.25, 0.3) is 0 Å². The molecule has 0 aliphatic rings. The molecule has 25 heavy (non-hydrogen) atoms. The minimum Gasteiger partial charge on any atom is -0.497 e. The van der Waals surface area contributed by atoms with E-state index in [1.165, 1.54) is 0 Å². The first kappa shape index (κ1) is 16.5. The lowest BCUT2D eigenvalue weighted by Gasteiger charge is -2.04. The van der Waals surface area contributed by atoms with Crippen LogP contribution >= 0.6 is 0 Å². The summed E-state index contributed by atoms with van der Waals surface area (Å²) >= 11 is 0. The minimum absolute atomic E-state index is 0.359. The summed E-state index contributed by atoms with van der Waals surface area (Å²) in [6.45, 7) is 0. The van der Waals surface area contributed by atoms with Gasteiger partial charge in [-0.05, 0) is 47.5 Å². The fourth-order valence-corrected chi connectivity index (χ4v) is 2.29.